The van der Waals surface area contributed by atoms with Crippen molar-refractivity contribution >= 4 is 27.6 Å². The molecular formula is C24H26N2O5S. The fourth-order valence-corrected chi connectivity index (χ4v) is 6.51. The molecule has 0 spiro atoms. The minimum Gasteiger partial charge on any atom is -0.445 e. The predicted octanol–water partition coefficient (Wildman–Crippen LogP) is 2.92. The maximum absolute atomic E-state index is 13.5. The summed E-state index contributed by atoms with van der Waals surface area (Å²) in [4.78, 5) is 27.9. The van der Waals surface area contributed by atoms with E-state index in [1.165, 1.54) is 0 Å². The van der Waals surface area contributed by atoms with Gasteiger partial charge in [-0.25, -0.2) is 13.2 Å². The van der Waals surface area contributed by atoms with Crippen LogP contribution in [-0.4, -0.2) is 49.8 Å². The molecule has 168 valence electrons. The second-order valence-electron chi connectivity index (χ2n) is 8.92. The van der Waals surface area contributed by atoms with Gasteiger partial charge in [0.1, 0.15) is 0 Å². The summed E-state index contributed by atoms with van der Waals surface area (Å²) in [7, 11) is -3.53. The summed E-state index contributed by atoms with van der Waals surface area (Å²) in [5.74, 6) is -0.782. The first kappa shape index (κ1) is 21.2. The van der Waals surface area contributed by atoms with E-state index >= 15 is 0 Å². The second-order valence-corrected chi connectivity index (χ2v) is 10.9. The van der Waals surface area contributed by atoms with E-state index in [2.05, 4.69) is 0 Å². The van der Waals surface area contributed by atoms with Crippen LogP contribution in [0.5, 0.6) is 0 Å². The number of carbonyl (C=O) groups is 2. The monoisotopic (exact) mass is 454 g/mol. The van der Waals surface area contributed by atoms with E-state index < -0.39 is 21.6 Å². The van der Waals surface area contributed by atoms with Gasteiger partial charge in [0.05, 0.1) is 10.5 Å². The molecule has 0 saturated carbocycles. The van der Waals surface area contributed by atoms with E-state index in [0.29, 0.717) is 43.7 Å². The molecule has 0 aliphatic carbocycles. The van der Waals surface area contributed by atoms with Crippen LogP contribution in [0, 0.1) is 0 Å². The van der Waals surface area contributed by atoms with E-state index in [9.17, 15) is 18.0 Å². The largest absolute Gasteiger partial charge is 0.445 e. The van der Waals surface area contributed by atoms with Crippen molar-refractivity contribution in [3.05, 3.63) is 59.2 Å². The molecule has 1 atom stereocenters. The molecule has 3 aliphatic heterocycles. The number of benzene rings is 2. The third kappa shape index (κ3) is 3.42. The van der Waals surface area contributed by atoms with Gasteiger partial charge in [0.25, 0.3) is 5.91 Å². The Hall–Kier alpha value is -2.71. The van der Waals surface area contributed by atoms with Crippen molar-refractivity contribution in [2.75, 3.05) is 24.5 Å². The van der Waals surface area contributed by atoms with Crippen LogP contribution in [0.1, 0.15) is 47.7 Å². The summed E-state index contributed by atoms with van der Waals surface area (Å²) in [5, 5.41) is 0. The number of esters is 1. The third-order valence-electron chi connectivity index (χ3n) is 6.68. The van der Waals surface area contributed by atoms with E-state index in [-0.39, 0.29) is 10.8 Å². The van der Waals surface area contributed by atoms with Crippen molar-refractivity contribution in [2.24, 2.45) is 0 Å². The molecule has 3 heterocycles. The fraction of sp³-hybridized carbons (Fsp3) is 0.417. The van der Waals surface area contributed by atoms with Crippen molar-refractivity contribution < 1.29 is 22.7 Å². The SMILES string of the molecule is CC1(C(=O)N2CCc3cc(S(=O)(=O)N4CCCCC4)ccc32)Cc2ccccc2C(=O)O1. The molecule has 2 aromatic carbocycles. The fourth-order valence-electron chi connectivity index (χ4n) is 4.94. The Kier molecular flexibility index (Phi) is 5.09. The Bertz CT molecular complexity index is 1200. The Morgan fingerprint density at radius 2 is 1.75 bits per heavy atom. The molecule has 0 radical (unpaired) electrons. The molecule has 1 amide bonds. The van der Waals surface area contributed by atoms with Crippen molar-refractivity contribution in [2.45, 2.75) is 49.5 Å². The lowest BCUT2D eigenvalue weighted by Crippen LogP contribution is -2.53. The lowest BCUT2D eigenvalue weighted by atomic mass is 9.89. The van der Waals surface area contributed by atoms with Gasteiger partial charge in [-0.05, 0) is 61.6 Å². The molecule has 0 aromatic heterocycles. The maximum atomic E-state index is 13.5. The van der Waals surface area contributed by atoms with Gasteiger partial charge in [0.15, 0.2) is 5.60 Å². The molecule has 32 heavy (non-hydrogen) atoms. The van der Waals surface area contributed by atoms with Crippen molar-refractivity contribution in [3.63, 3.8) is 0 Å². The van der Waals surface area contributed by atoms with Crippen molar-refractivity contribution in [1.82, 2.24) is 4.31 Å². The van der Waals surface area contributed by atoms with Crippen LogP contribution in [-0.2, 0) is 32.4 Å². The quantitative estimate of drug-likeness (QED) is 0.666. The minimum absolute atomic E-state index is 0.275. The molecule has 1 fully saturated rings. The number of rotatable bonds is 3. The van der Waals surface area contributed by atoms with Crippen molar-refractivity contribution in [1.29, 1.82) is 0 Å². The molecule has 0 bridgehead atoms. The van der Waals surface area contributed by atoms with E-state index in [1.54, 1.807) is 46.5 Å². The molecule has 1 unspecified atom stereocenters. The number of hydrogen-bond donors (Lipinski definition) is 0. The summed E-state index contributed by atoms with van der Waals surface area (Å²) in [5.41, 5.74) is 1.49. The van der Waals surface area contributed by atoms with Crippen LogP contribution in [0.2, 0.25) is 0 Å². The number of nitrogens with zero attached hydrogens (tertiary/aromatic N) is 2. The molecule has 3 aliphatic rings. The topological polar surface area (TPSA) is 84.0 Å². The average Bonchev–Trinajstić information content (AvgIpc) is 3.22. The third-order valence-corrected chi connectivity index (χ3v) is 8.57. The number of sulfonamides is 1. The second kappa shape index (κ2) is 7.71. The number of ether oxygens (including phenoxy) is 1. The zero-order valence-corrected chi connectivity index (χ0v) is 18.9. The van der Waals surface area contributed by atoms with Crippen LogP contribution in [0.4, 0.5) is 5.69 Å². The first-order chi connectivity index (χ1) is 15.3. The number of cyclic esters (lactones) is 1. The maximum Gasteiger partial charge on any atom is 0.339 e. The number of anilines is 1. The Balaban J connectivity index is 1.41. The first-order valence-corrected chi connectivity index (χ1v) is 12.5. The van der Waals surface area contributed by atoms with Gasteiger partial charge < -0.3 is 9.64 Å². The van der Waals surface area contributed by atoms with Gasteiger partial charge in [0, 0.05) is 31.7 Å². The molecule has 1 saturated heterocycles. The highest BCUT2D eigenvalue weighted by Crippen LogP contribution is 2.36. The van der Waals surface area contributed by atoms with Crippen LogP contribution >= 0.6 is 0 Å². The number of carbonyl (C=O) groups excluding carboxylic acids is 2. The molecule has 5 rings (SSSR count). The molecule has 7 nitrogen and oxygen atoms in total. The standard InChI is InChI=1S/C24H26N2O5S/c1-24(16-18-7-3-4-8-20(18)22(27)31-24)23(28)26-14-11-17-15-19(9-10-21(17)26)32(29,30)25-12-5-2-6-13-25/h3-4,7-10,15H,2,5-6,11-14,16H2,1H3. The summed E-state index contributed by atoms with van der Waals surface area (Å²) < 4.78 is 33.2. The molecule has 2 aromatic rings. The summed E-state index contributed by atoms with van der Waals surface area (Å²) in [6, 6.07) is 12.2. The van der Waals surface area contributed by atoms with E-state index in [0.717, 1.165) is 30.4 Å². The summed E-state index contributed by atoms with van der Waals surface area (Å²) in [6.07, 6.45) is 3.69. The lowest BCUT2D eigenvalue weighted by Gasteiger charge is -2.36. The summed E-state index contributed by atoms with van der Waals surface area (Å²) >= 11 is 0. The Morgan fingerprint density at radius 1 is 1.00 bits per heavy atom. The van der Waals surface area contributed by atoms with Gasteiger partial charge >= 0.3 is 5.97 Å². The van der Waals surface area contributed by atoms with E-state index in [1.807, 2.05) is 12.1 Å². The van der Waals surface area contributed by atoms with Crippen molar-refractivity contribution in [3.8, 4) is 0 Å². The minimum atomic E-state index is -3.53. The summed E-state index contributed by atoms with van der Waals surface area (Å²) in [6.45, 7) is 3.18. The van der Waals surface area contributed by atoms with Crippen LogP contribution < -0.4 is 4.90 Å². The highest BCUT2D eigenvalue weighted by Gasteiger charge is 2.46. The lowest BCUT2D eigenvalue weighted by molar-refractivity contribution is -0.136. The number of fused-ring (bicyclic) bond motifs is 2. The zero-order chi connectivity index (χ0) is 22.5. The van der Waals surface area contributed by atoms with Crippen LogP contribution in [0.3, 0.4) is 0 Å². The predicted molar refractivity (Wildman–Crippen MR) is 119 cm³/mol. The van der Waals surface area contributed by atoms with Gasteiger partial charge in [-0.1, -0.05) is 24.6 Å². The number of piperidine rings is 1. The van der Waals surface area contributed by atoms with Crippen LogP contribution in [0.15, 0.2) is 47.4 Å². The molecule has 8 heteroatoms. The highest BCUT2D eigenvalue weighted by atomic mass is 32.2. The van der Waals surface area contributed by atoms with Gasteiger partial charge in [-0.3, -0.25) is 4.79 Å². The average molecular weight is 455 g/mol. The smallest absolute Gasteiger partial charge is 0.339 e. The van der Waals surface area contributed by atoms with E-state index in [4.69, 9.17) is 4.74 Å². The molecule has 0 N–H and O–H groups in total. The van der Waals surface area contributed by atoms with Gasteiger partial charge in [0.2, 0.25) is 10.0 Å². The highest BCUT2D eigenvalue weighted by molar-refractivity contribution is 7.89. The Labute approximate surface area is 188 Å². The molecular weight excluding hydrogens is 428 g/mol. The first-order valence-electron chi connectivity index (χ1n) is 11.1. The van der Waals surface area contributed by atoms with Gasteiger partial charge in [-0.2, -0.15) is 4.31 Å². The number of hydrogen-bond acceptors (Lipinski definition) is 5. The van der Waals surface area contributed by atoms with Crippen LogP contribution in [0.25, 0.3) is 0 Å². The Morgan fingerprint density at radius 3 is 2.53 bits per heavy atom. The zero-order valence-electron chi connectivity index (χ0n) is 18.0. The van der Waals surface area contributed by atoms with Gasteiger partial charge in [-0.15, -0.1) is 0 Å². The normalized spacial score (nSPS) is 23.4. The number of amides is 1.